The van der Waals surface area contributed by atoms with Crippen molar-refractivity contribution in [3.63, 3.8) is 0 Å². The summed E-state index contributed by atoms with van der Waals surface area (Å²) in [4.78, 5) is 37.4. The molecule has 0 radical (unpaired) electrons. The monoisotopic (exact) mass is 443 g/mol. The van der Waals surface area contributed by atoms with Gasteiger partial charge < -0.3 is 19.5 Å². The van der Waals surface area contributed by atoms with Crippen LogP contribution in [0.1, 0.15) is 42.9 Å². The normalized spacial score (nSPS) is 10.5. The number of hydrogen-bond donors (Lipinski definition) is 1. The standard InChI is InChI=1S/C19H19ClFNO6S/c1-4-27-18(24)13-10(2)15(19(25)28-9-8-26-3)29-17(13)22-16(23)14-11(20)6-5-7-12(14)21/h5-7H,4,8-9H2,1-3H3,(H,22,23). The third-order valence-corrected chi connectivity index (χ3v) is 5.25. The first-order chi connectivity index (χ1) is 13.8. The molecular weight excluding hydrogens is 425 g/mol. The molecule has 0 aliphatic rings. The summed E-state index contributed by atoms with van der Waals surface area (Å²) in [6.45, 7) is 3.47. The minimum atomic E-state index is -0.862. The van der Waals surface area contributed by atoms with Gasteiger partial charge in [-0.15, -0.1) is 11.3 Å². The van der Waals surface area contributed by atoms with Crippen LogP contribution in [0.5, 0.6) is 0 Å². The quantitative estimate of drug-likeness (QED) is 0.488. The summed E-state index contributed by atoms with van der Waals surface area (Å²) in [5, 5.41) is 2.39. The molecule has 29 heavy (non-hydrogen) atoms. The molecule has 1 heterocycles. The molecule has 0 atom stereocenters. The summed E-state index contributed by atoms with van der Waals surface area (Å²) >= 11 is 6.75. The number of benzene rings is 1. The highest BCUT2D eigenvalue weighted by atomic mass is 35.5. The smallest absolute Gasteiger partial charge is 0.348 e. The second-order valence-corrected chi connectivity index (χ2v) is 7.09. The summed E-state index contributed by atoms with van der Waals surface area (Å²) in [6, 6.07) is 3.82. The molecule has 0 saturated carbocycles. The van der Waals surface area contributed by atoms with E-state index in [1.54, 1.807) is 6.92 Å². The van der Waals surface area contributed by atoms with Crippen LogP contribution in [0.2, 0.25) is 5.02 Å². The molecule has 0 saturated heterocycles. The number of ether oxygens (including phenoxy) is 3. The van der Waals surface area contributed by atoms with Gasteiger partial charge in [0.25, 0.3) is 5.91 Å². The number of thiophene rings is 1. The van der Waals surface area contributed by atoms with Crippen LogP contribution in [0.15, 0.2) is 18.2 Å². The Labute approximate surface area is 175 Å². The molecule has 1 N–H and O–H groups in total. The fraction of sp³-hybridized carbons (Fsp3) is 0.316. The Bertz CT molecular complexity index is 909. The maximum absolute atomic E-state index is 14.0. The molecule has 0 bridgehead atoms. The van der Waals surface area contributed by atoms with E-state index in [9.17, 15) is 18.8 Å². The Balaban J connectivity index is 2.41. The predicted octanol–water partition coefficient (Wildman–Crippen LogP) is 4.08. The number of carbonyl (C=O) groups excluding carboxylic acids is 3. The summed E-state index contributed by atoms with van der Waals surface area (Å²) in [6.07, 6.45) is 0. The van der Waals surface area contributed by atoms with E-state index < -0.39 is 23.7 Å². The van der Waals surface area contributed by atoms with E-state index in [1.165, 1.54) is 26.2 Å². The van der Waals surface area contributed by atoms with Crippen molar-refractivity contribution < 1.29 is 33.0 Å². The lowest BCUT2D eigenvalue weighted by Crippen LogP contribution is -2.16. The van der Waals surface area contributed by atoms with Crippen LogP contribution in [-0.4, -0.2) is 44.8 Å². The molecule has 1 amide bonds. The lowest BCUT2D eigenvalue weighted by molar-refractivity contribution is 0.0392. The summed E-state index contributed by atoms with van der Waals surface area (Å²) in [5.41, 5.74) is -0.0959. The van der Waals surface area contributed by atoms with Crippen LogP contribution < -0.4 is 5.32 Å². The molecule has 0 aliphatic carbocycles. The van der Waals surface area contributed by atoms with Gasteiger partial charge in [0.05, 0.1) is 29.4 Å². The van der Waals surface area contributed by atoms with Crippen LogP contribution in [0.25, 0.3) is 0 Å². The molecule has 2 aromatic rings. The average molecular weight is 444 g/mol. The Morgan fingerprint density at radius 2 is 1.86 bits per heavy atom. The Morgan fingerprint density at radius 1 is 1.14 bits per heavy atom. The molecule has 0 aliphatic heterocycles. The number of hydrogen-bond acceptors (Lipinski definition) is 7. The first kappa shape index (κ1) is 22.8. The highest BCUT2D eigenvalue weighted by Gasteiger charge is 2.28. The Hall–Kier alpha value is -2.49. The lowest BCUT2D eigenvalue weighted by Gasteiger charge is -2.08. The number of carbonyl (C=O) groups is 3. The number of nitrogens with one attached hydrogen (secondary N) is 1. The number of amides is 1. The minimum absolute atomic E-state index is 0.00338. The molecular formula is C19H19ClFNO6S. The van der Waals surface area contributed by atoms with Crippen molar-refractivity contribution >= 4 is 45.8 Å². The number of rotatable bonds is 8. The Kier molecular flexibility index (Phi) is 8.12. The predicted molar refractivity (Wildman–Crippen MR) is 107 cm³/mol. The van der Waals surface area contributed by atoms with Crippen LogP contribution in [0.4, 0.5) is 9.39 Å². The van der Waals surface area contributed by atoms with Gasteiger partial charge in [-0.05, 0) is 31.5 Å². The first-order valence-electron chi connectivity index (χ1n) is 8.53. The van der Waals surface area contributed by atoms with Gasteiger partial charge in [0, 0.05) is 7.11 Å². The highest BCUT2D eigenvalue weighted by molar-refractivity contribution is 7.18. The number of methoxy groups -OCH3 is 1. The maximum Gasteiger partial charge on any atom is 0.348 e. The molecule has 156 valence electrons. The second kappa shape index (κ2) is 10.3. The van der Waals surface area contributed by atoms with Crippen molar-refractivity contribution in [2.24, 2.45) is 0 Å². The van der Waals surface area contributed by atoms with Crippen LogP contribution in [0, 0.1) is 12.7 Å². The molecule has 0 unspecified atom stereocenters. The van der Waals surface area contributed by atoms with E-state index in [4.69, 9.17) is 25.8 Å². The van der Waals surface area contributed by atoms with Crippen LogP contribution >= 0.6 is 22.9 Å². The van der Waals surface area contributed by atoms with Gasteiger partial charge in [-0.1, -0.05) is 17.7 Å². The number of anilines is 1. The molecule has 7 nitrogen and oxygen atoms in total. The Morgan fingerprint density at radius 3 is 2.48 bits per heavy atom. The van der Waals surface area contributed by atoms with E-state index >= 15 is 0 Å². The number of halogens is 2. The fourth-order valence-corrected chi connectivity index (χ4v) is 3.74. The van der Waals surface area contributed by atoms with Crippen molar-refractivity contribution in [3.05, 3.63) is 50.6 Å². The van der Waals surface area contributed by atoms with Crippen LogP contribution in [-0.2, 0) is 14.2 Å². The van der Waals surface area contributed by atoms with Crippen LogP contribution in [0.3, 0.4) is 0 Å². The fourth-order valence-electron chi connectivity index (χ4n) is 2.41. The van der Waals surface area contributed by atoms with E-state index in [1.807, 2.05) is 0 Å². The highest BCUT2D eigenvalue weighted by Crippen LogP contribution is 2.35. The van der Waals surface area contributed by atoms with Gasteiger partial charge in [0.15, 0.2) is 0 Å². The maximum atomic E-state index is 14.0. The number of esters is 2. The van der Waals surface area contributed by atoms with Crippen molar-refractivity contribution in [2.45, 2.75) is 13.8 Å². The van der Waals surface area contributed by atoms with E-state index in [0.717, 1.165) is 17.4 Å². The zero-order valence-corrected chi connectivity index (χ0v) is 17.5. The zero-order chi connectivity index (χ0) is 21.6. The van der Waals surface area contributed by atoms with Crippen molar-refractivity contribution in [1.29, 1.82) is 0 Å². The van der Waals surface area contributed by atoms with Crippen molar-refractivity contribution in [2.75, 3.05) is 32.2 Å². The first-order valence-corrected chi connectivity index (χ1v) is 9.73. The van der Waals surface area contributed by atoms with Gasteiger partial charge >= 0.3 is 11.9 Å². The van der Waals surface area contributed by atoms with E-state index in [2.05, 4.69) is 5.32 Å². The van der Waals surface area contributed by atoms with Gasteiger partial charge in [-0.2, -0.15) is 0 Å². The SMILES string of the molecule is CCOC(=O)c1c(NC(=O)c2c(F)cccc2Cl)sc(C(=O)OCCOC)c1C. The topological polar surface area (TPSA) is 90.9 Å². The van der Waals surface area contributed by atoms with Gasteiger partial charge in [0.1, 0.15) is 22.3 Å². The third-order valence-electron chi connectivity index (χ3n) is 3.75. The van der Waals surface area contributed by atoms with Gasteiger partial charge in [0.2, 0.25) is 0 Å². The van der Waals surface area contributed by atoms with E-state index in [-0.39, 0.29) is 51.4 Å². The molecule has 1 aromatic heterocycles. The molecule has 10 heteroatoms. The van der Waals surface area contributed by atoms with Crippen molar-refractivity contribution in [1.82, 2.24) is 0 Å². The second-order valence-electron chi connectivity index (χ2n) is 5.66. The molecule has 0 fully saturated rings. The summed E-state index contributed by atoms with van der Waals surface area (Å²) in [5.74, 6) is -3.09. The largest absolute Gasteiger partial charge is 0.462 e. The molecule has 0 spiro atoms. The van der Waals surface area contributed by atoms with E-state index in [0.29, 0.717) is 0 Å². The average Bonchev–Trinajstić information content (AvgIpc) is 2.98. The third kappa shape index (κ3) is 5.31. The summed E-state index contributed by atoms with van der Waals surface area (Å²) in [7, 11) is 1.46. The molecule has 2 rings (SSSR count). The zero-order valence-electron chi connectivity index (χ0n) is 16.0. The minimum Gasteiger partial charge on any atom is -0.462 e. The molecule has 1 aromatic carbocycles. The van der Waals surface area contributed by atoms with Gasteiger partial charge in [-0.3, -0.25) is 4.79 Å². The lowest BCUT2D eigenvalue weighted by atomic mass is 10.1. The van der Waals surface area contributed by atoms with Crippen molar-refractivity contribution in [3.8, 4) is 0 Å². The van der Waals surface area contributed by atoms with Gasteiger partial charge in [-0.25, -0.2) is 14.0 Å². The summed E-state index contributed by atoms with van der Waals surface area (Å²) < 4.78 is 29.0.